The topological polar surface area (TPSA) is 244 Å². The number of nitrogens with zero attached hydrogens (tertiary/aromatic N) is 2. The molecule has 0 radical (unpaired) electrons. The maximum atomic E-state index is 10.8. The van der Waals surface area contributed by atoms with Crippen molar-refractivity contribution in [2.75, 3.05) is 13.1 Å². The summed E-state index contributed by atoms with van der Waals surface area (Å²) in [6.45, 7) is 3.97. The molecule has 0 spiro atoms. The fourth-order valence-electron chi connectivity index (χ4n) is 1.67. The summed E-state index contributed by atoms with van der Waals surface area (Å²) >= 11 is 0. The number of hydrogen-bond acceptors (Lipinski definition) is 14. The number of hydroxylamine groups is 4. The first kappa shape index (κ1) is 65.8. The van der Waals surface area contributed by atoms with Crippen LogP contribution in [0.3, 0.4) is 0 Å². The SMILES string of the molecule is CC(=O)ON(CCN(OC(C)=O)OC(C)=O)OC(C)=O.O=C(O)CC(O)(CC(=O)O)C(=O)O.[NaH].[NaH].[NaH].[NaH].[NaH].[NaH].[NaH]. The van der Waals surface area contributed by atoms with Gasteiger partial charge in [-0.2, -0.15) is 0 Å². The van der Waals surface area contributed by atoms with Crippen LogP contribution in [0.4, 0.5) is 0 Å². The number of rotatable bonds is 12. The summed E-state index contributed by atoms with van der Waals surface area (Å²) in [5.41, 5.74) is -2.74. The Morgan fingerprint density at radius 3 is 0.850 bits per heavy atom. The van der Waals surface area contributed by atoms with E-state index in [0.29, 0.717) is 10.5 Å². The first-order chi connectivity index (χ1) is 15.0. The van der Waals surface area contributed by atoms with Gasteiger partial charge in [0, 0.05) is 38.1 Å². The molecular weight excluding hydrogens is 621 g/mol. The van der Waals surface area contributed by atoms with E-state index in [0.717, 1.165) is 27.7 Å². The molecule has 0 aliphatic carbocycles. The number of hydrogen-bond donors (Lipinski definition) is 4. The van der Waals surface area contributed by atoms with Gasteiger partial charge in [-0.1, -0.05) is 0 Å². The third kappa shape index (κ3) is 41.2. The quantitative estimate of drug-likeness (QED) is 0.113. The maximum absolute atomic E-state index is 10.8. The van der Waals surface area contributed by atoms with E-state index in [2.05, 4.69) is 19.4 Å². The standard InChI is InChI=1S/C10H16N2O8.C6H8O7.7Na.7H/c1-7(13)17-11(18-8(2)14)5-6-12(19-9(3)15)20-10(4)16;7-3(8)1-6(13,5(11)12)2-4(9)10;;;;;;;;;;;;;;/h5-6H2,1-4H3;13H,1-2H2,(H,7,8)(H,9,10)(H,11,12);;;;;;;;;;;;;;. The average molecular weight is 652 g/mol. The second-order valence-corrected chi connectivity index (χ2v) is 5.92. The Kier molecular flexibility index (Phi) is 60.2. The van der Waals surface area contributed by atoms with E-state index in [4.69, 9.17) is 20.4 Å². The van der Waals surface area contributed by atoms with Crippen LogP contribution in [-0.4, -0.2) is 298 Å². The van der Waals surface area contributed by atoms with Crippen LogP contribution < -0.4 is 0 Å². The van der Waals surface area contributed by atoms with Gasteiger partial charge in [0.2, 0.25) is 0 Å². The van der Waals surface area contributed by atoms with Crippen molar-refractivity contribution in [3.05, 3.63) is 0 Å². The Balaban J connectivity index is -0.0000000618. The van der Waals surface area contributed by atoms with Crippen LogP contribution in [0.25, 0.3) is 0 Å². The van der Waals surface area contributed by atoms with Gasteiger partial charge in [0.15, 0.2) is 5.60 Å². The van der Waals surface area contributed by atoms with Gasteiger partial charge in [-0.3, -0.25) is 28.8 Å². The van der Waals surface area contributed by atoms with Gasteiger partial charge in [-0.25, -0.2) is 4.79 Å². The summed E-state index contributed by atoms with van der Waals surface area (Å²) in [6, 6.07) is 0. The first-order valence-corrected chi connectivity index (χ1v) is 8.67. The molecule has 0 aliphatic rings. The Morgan fingerprint density at radius 1 is 0.525 bits per heavy atom. The summed E-state index contributed by atoms with van der Waals surface area (Å²) < 4.78 is 0. The van der Waals surface area contributed by atoms with Crippen LogP contribution in [0.1, 0.15) is 40.5 Å². The molecule has 0 aromatic heterocycles. The Morgan fingerprint density at radius 2 is 0.725 bits per heavy atom. The summed E-state index contributed by atoms with van der Waals surface area (Å²) in [7, 11) is 0. The monoisotopic (exact) mass is 652 g/mol. The van der Waals surface area contributed by atoms with E-state index in [1.54, 1.807) is 0 Å². The van der Waals surface area contributed by atoms with Crippen molar-refractivity contribution in [3.63, 3.8) is 0 Å². The van der Waals surface area contributed by atoms with Crippen LogP contribution in [0.2, 0.25) is 0 Å². The van der Waals surface area contributed by atoms with E-state index in [-0.39, 0.29) is 220 Å². The summed E-state index contributed by atoms with van der Waals surface area (Å²) in [5.74, 6) is -7.92. The molecule has 4 N–H and O–H groups in total. The number of aliphatic hydroxyl groups is 1. The van der Waals surface area contributed by atoms with E-state index in [9.17, 15) is 33.6 Å². The molecular formula is C16H31N2Na7O15. The van der Waals surface area contributed by atoms with Crippen molar-refractivity contribution in [1.82, 2.24) is 10.5 Å². The van der Waals surface area contributed by atoms with Crippen molar-refractivity contribution in [2.24, 2.45) is 0 Å². The van der Waals surface area contributed by atoms with Crippen molar-refractivity contribution in [2.45, 2.75) is 46.1 Å². The molecule has 0 unspecified atom stereocenters. The van der Waals surface area contributed by atoms with Gasteiger partial charge in [-0.15, -0.1) is 0 Å². The van der Waals surface area contributed by atoms with Crippen molar-refractivity contribution in [3.8, 4) is 0 Å². The summed E-state index contributed by atoms with van der Waals surface area (Å²) in [5, 5.41) is 35.0. The molecule has 0 saturated carbocycles. The number of carbonyl (C=O) groups excluding carboxylic acids is 4. The number of carboxylic acids is 3. The second-order valence-electron chi connectivity index (χ2n) is 5.92. The van der Waals surface area contributed by atoms with Crippen LogP contribution in [0.15, 0.2) is 0 Å². The zero-order valence-electron chi connectivity index (χ0n) is 18.0. The van der Waals surface area contributed by atoms with E-state index in [1.807, 2.05) is 0 Å². The first-order valence-electron chi connectivity index (χ1n) is 8.67. The van der Waals surface area contributed by atoms with Crippen LogP contribution >= 0.6 is 0 Å². The molecule has 24 heteroatoms. The zero-order chi connectivity index (χ0) is 26.4. The molecule has 0 aliphatic heterocycles. The normalized spacial score (nSPS) is 8.57. The van der Waals surface area contributed by atoms with Gasteiger partial charge in [0.25, 0.3) is 0 Å². The Labute approximate surface area is 384 Å². The van der Waals surface area contributed by atoms with Crippen LogP contribution in [0.5, 0.6) is 0 Å². The molecule has 0 amide bonds. The predicted octanol–water partition coefficient (Wildman–Crippen LogP) is -6.29. The van der Waals surface area contributed by atoms with Gasteiger partial charge < -0.3 is 39.8 Å². The number of aliphatic carboxylic acids is 3. The molecule has 0 heterocycles. The van der Waals surface area contributed by atoms with Crippen LogP contribution in [-0.2, 0) is 52.9 Å². The Hall–Kier alpha value is 3.17. The molecule has 0 fully saturated rings. The third-order valence-electron chi connectivity index (χ3n) is 2.67. The molecule has 0 saturated heterocycles. The molecule has 0 atom stereocenters. The summed E-state index contributed by atoms with van der Waals surface area (Å²) in [4.78, 5) is 91.9. The molecule has 17 nitrogen and oxygen atoms in total. The molecule has 0 rings (SSSR count). The molecule has 40 heavy (non-hydrogen) atoms. The second kappa shape index (κ2) is 36.6. The van der Waals surface area contributed by atoms with Gasteiger partial charge in [0.1, 0.15) is 0 Å². The third-order valence-corrected chi connectivity index (χ3v) is 2.67. The molecule has 0 aromatic rings. The average Bonchev–Trinajstić information content (AvgIpc) is 2.56. The predicted molar refractivity (Wildman–Crippen MR) is 148 cm³/mol. The number of carboxylic acid groups (broad SMARTS) is 3. The van der Waals surface area contributed by atoms with Crippen molar-refractivity contribution < 1.29 is 73.3 Å². The molecule has 202 valence electrons. The van der Waals surface area contributed by atoms with Gasteiger partial charge in [0.05, 0.1) is 25.9 Å². The van der Waals surface area contributed by atoms with E-state index in [1.165, 1.54) is 0 Å². The fraction of sp³-hybridized carbons (Fsp3) is 0.562. The number of carbonyl (C=O) groups is 7. The fourth-order valence-corrected chi connectivity index (χ4v) is 1.67. The minimum atomic E-state index is -2.74. The van der Waals surface area contributed by atoms with Crippen molar-refractivity contribution >= 4 is 249 Å². The van der Waals surface area contributed by atoms with E-state index >= 15 is 0 Å². The Bertz CT molecular complexity index is 693. The van der Waals surface area contributed by atoms with Gasteiger partial charge in [-0.05, 0) is 0 Å². The zero-order valence-corrected chi connectivity index (χ0v) is 18.0. The minimum absolute atomic E-state index is 0. The van der Waals surface area contributed by atoms with Crippen LogP contribution in [0, 0.1) is 0 Å². The molecule has 0 bridgehead atoms. The molecule has 0 aromatic carbocycles. The van der Waals surface area contributed by atoms with E-state index < -0.39 is 60.2 Å². The van der Waals surface area contributed by atoms with Gasteiger partial charge >= 0.3 is 249 Å². The van der Waals surface area contributed by atoms with Crippen molar-refractivity contribution in [1.29, 1.82) is 0 Å². The summed E-state index contributed by atoms with van der Waals surface area (Å²) in [6.07, 6.45) is -2.29.